The molecule has 1 unspecified atom stereocenters. The van der Waals surface area contributed by atoms with Gasteiger partial charge in [0.2, 0.25) is 0 Å². The molecule has 1 aromatic rings. The third-order valence-electron chi connectivity index (χ3n) is 3.65. The summed E-state index contributed by atoms with van der Waals surface area (Å²) in [5.41, 5.74) is 0. The monoisotopic (exact) mass is 315 g/mol. The molecule has 110 valence electrons. The molecule has 2 rings (SSSR count). The third-order valence-corrected chi connectivity index (χ3v) is 4.39. The van der Waals surface area contributed by atoms with Gasteiger partial charge in [0.25, 0.3) is 5.91 Å². The van der Waals surface area contributed by atoms with Crippen LogP contribution in [0.3, 0.4) is 0 Å². The van der Waals surface area contributed by atoms with E-state index in [0.29, 0.717) is 21.7 Å². The summed E-state index contributed by atoms with van der Waals surface area (Å²) in [4.78, 5) is 14.2. The molecule has 1 atom stereocenters. The van der Waals surface area contributed by atoms with E-state index >= 15 is 0 Å². The van der Waals surface area contributed by atoms with E-state index in [1.165, 1.54) is 0 Å². The van der Waals surface area contributed by atoms with Crippen LogP contribution in [0.2, 0.25) is 10.0 Å². The fraction of sp³-hybridized carbons (Fsp3) is 0.533. The lowest BCUT2D eigenvalue weighted by Gasteiger charge is -2.32. The van der Waals surface area contributed by atoms with Crippen molar-refractivity contribution in [1.82, 2.24) is 4.90 Å². The molecule has 0 N–H and O–H groups in total. The SMILES string of the molecule is CC1CCN(C(=O)C(C)Oc2ccc(Cl)c(Cl)c2)CC1. The molecule has 20 heavy (non-hydrogen) atoms. The van der Waals surface area contributed by atoms with Crippen molar-refractivity contribution in [2.24, 2.45) is 5.92 Å². The quantitative estimate of drug-likeness (QED) is 0.843. The first-order valence-electron chi connectivity index (χ1n) is 6.88. The second-order valence-corrected chi connectivity index (χ2v) is 6.16. The lowest BCUT2D eigenvalue weighted by molar-refractivity contribution is -0.139. The summed E-state index contributed by atoms with van der Waals surface area (Å²) in [6.45, 7) is 5.62. The first kappa shape index (κ1) is 15.5. The van der Waals surface area contributed by atoms with Crippen molar-refractivity contribution in [1.29, 1.82) is 0 Å². The number of nitrogens with zero attached hydrogens (tertiary/aromatic N) is 1. The highest BCUT2D eigenvalue weighted by Crippen LogP contribution is 2.27. The number of hydrogen-bond acceptors (Lipinski definition) is 2. The van der Waals surface area contributed by atoms with Crippen LogP contribution in [-0.4, -0.2) is 30.0 Å². The number of carbonyl (C=O) groups excluding carboxylic acids is 1. The average Bonchev–Trinajstić information content (AvgIpc) is 2.43. The van der Waals surface area contributed by atoms with Gasteiger partial charge < -0.3 is 9.64 Å². The van der Waals surface area contributed by atoms with Gasteiger partial charge in [-0.2, -0.15) is 0 Å². The fourth-order valence-electron chi connectivity index (χ4n) is 2.29. The highest BCUT2D eigenvalue weighted by molar-refractivity contribution is 6.42. The summed E-state index contributed by atoms with van der Waals surface area (Å²) in [7, 11) is 0. The average molecular weight is 316 g/mol. The van der Waals surface area contributed by atoms with Crippen LogP contribution in [0.4, 0.5) is 0 Å². The van der Waals surface area contributed by atoms with E-state index in [-0.39, 0.29) is 5.91 Å². The lowest BCUT2D eigenvalue weighted by atomic mass is 9.99. The molecule has 1 aromatic carbocycles. The molecule has 0 spiro atoms. The van der Waals surface area contributed by atoms with Crippen molar-refractivity contribution in [2.75, 3.05) is 13.1 Å². The summed E-state index contributed by atoms with van der Waals surface area (Å²) in [5.74, 6) is 1.29. The first-order valence-corrected chi connectivity index (χ1v) is 7.63. The largest absolute Gasteiger partial charge is 0.481 e. The van der Waals surface area contributed by atoms with Crippen LogP contribution in [0.1, 0.15) is 26.7 Å². The van der Waals surface area contributed by atoms with Gasteiger partial charge in [-0.3, -0.25) is 4.79 Å². The number of amides is 1. The highest BCUT2D eigenvalue weighted by Gasteiger charge is 2.25. The molecular formula is C15H19Cl2NO2. The molecule has 1 amide bonds. The molecule has 5 heteroatoms. The normalized spacial score (nSPS) is 17.9. The van der Waals surface area contributed by atoms with E-state index in [1.54, 1.807) is 25.1 Å². The van der Waals surface area contributed by atoms with Crippen molar-refractivity contribution in [3.05, 3.63) is 28.2 Å². The number of likely N-dealkylation sites (tertiary alicyclic amines) is 1. The highest BCUT2D eigenvalue weighted by atomic mass is 35.5. The fourth-order valence-corrected chi connectivity index (χ4v) is 2.58. The Hall–Kier alpha value is -0.930. The van der Waals surface area contributed by atoms with Crippen molar-refractivity contribution < 1.29 is 9.53 Å². The molecule has 0 saturated carbocycles. The molecule has 1 saturated heterocycles. The minimum absolute atomic E-state index is 0.0305. The Kier molecular flexibility index (Phi) is 5.17. The molecule has 0 bridgehead atoms. The second-order valence-electron chi connectivity index (χ2n) is 5.34. The minimum atomic E-state index is -0.513. The zero-order valence-corrected chi connectivity index (χ0v) is 13.2. The van der Waals surface area contributed by atoms with E-state index in [0.717, 1.165) is 25.9 Å². The third kappa shape index (κ3) is 3.80. The molecule has 1 aliphatic heterocycles. The van der Waals surface area contributed by atoms with Gasteiger partial charge in [0, 0.05) is 19.2 Å². The summed E-state index contributed by atoms with van der Waals surface area (Å²) < 4.78 is 5.66. The zero-order valence-electron chi connectivity index (χ0n) is 11.7. The topological polar surface area (TPSA) is 29.5 Å². The molecule has 0 aliphatic carbocycles. The van der Waals surface area contributed by atoms with Crippen LogP contribution in [0.5, 0.6) is 5.75 Å². The summed E-state index contributed by atoms with van der Waals surface area (Å²) in [5, 5.41) is 0.902. The Bertz CT molecular complexity index is 485. The van der Waals surface area contributed by atoms with Gasteiger partial charge in [-0.1, -0.05) is 30.1 Å². The van der Waals surface area contributed by atoms with Crippen LogP contribution < -0.4 is 4.74 Å². The van der Waals surface area contributed by atoms with Crippen LogP contribution in [0.15, 0.2) is 18.2 Å². The van der Waals surface area contributed by atoms with Crippen LogP contribution in [0.25, 0.3) is 0 Å². The Labute approximate surface area is 129 Å². The van der Waals surface area contributed by atoms with E-state index in [1.807, 2.05) is 4.90 Å². The van der Waals surface area contributed by atoms with Gasteiger partial charge in [0.1, 0.15) is 5.75 Å². The number of hydrogen-bond donors (Lipinski definition) is 0. The Balaban J connectivity index is 1.95. The molecule has 3 nitrogen and oxygen atoms in total. The molecule has 1 fully saturated rings. The van der Waals surface area contributed by atoms with Gasteiger partial charge in [-0.05, 0) is 37.8 Å². The first-order chi connectivity index (χ1) is 9.47. The standard InChI is InChI=1S/C15H19Cl2NO2/c1-10-5-7-18(8-6-10)15(19)11(2)20-12-3-4-13(16)14(17)9-12/h3-4,9-11H,5-8H2,1-2H3. The number of ether oxygens (including phenoxy) is 1. The van der Waals surface area contributed by atoms with Crippen LogP contribution >= 0.6 is 23.2 Å². The molecule has 0 aromatic heterocycles. The number of piperidine rings is 1. The van der Waals surface area contributed by atoms with Crippen molar-refractivity contribution >= 4 is 29.1 Å². The number of rotatable bonds is 3. The van der Waals surface area contributed by atoms with Crippen molar-refractivity contribution in [3.63, 3.8) is 0 Å². The van der Waals surface area contributed by atoms with Gasteiger partial charge in [-0.25, -0.2) is 0 Å². The van der Waals surface area contributed by atoms with Gasteiger partial charge in [0.15, 0.2) is 6.10 Å². The molecule has 1 aliphatic rings. The van der Waals surface area contributed by atoms with E-state index in [4.69, 9.17) is 27.9 Å². The number of carbonyl (C=O) groups is 1. The van der Waals surface area contributed by atoms with Gasteiger partial charge in [-0.15, -0.1) is 0 Å². The summed E-state index contributed by atoms with van der Waals surface area (Å²) in [6.07, 6.45) is 1.61. The maximum absolute atomic E-state index is 12.3. The second kappa shape index (κ2) is 6.68. The van der Waals surface area contributed by atoms with E-state index < -0.39 is 6.10 Å². The predicted molar refractivity (Wildman–Crippen MR) is 81.5 cm³/mol. The van der Waals surface area contributed by atoms with Crippen LogP contribution in [-0.2, 0) is 4.79 Å². The Morgan fingerprint density at radius 2 is 1.95 bits per heavy atom. The Morgan fingerprint density at radius 1 is 1.30 bits per heavy atom. The summed E-state index contributed by atoms with van der Waals surface area (Å²) >= 11 is 11.8. The molecule has 1 heterocycles. The smallest absolute Gasteiger partial charge is 0.263 e. The van der Waals surface area contributed by atoms with Gasteiger partial charge >= 0.3 is 0 Å². The number of benzene rings is 1. The van der Waals surface area contributed by atoms with Crippen LogP contribution in [0, 0.1) is 5.92 Å². The summed E-state index contributed by atoms with van der Waals surface area (Å²) in [6, 6.07) is 5.02. The lowest BCUT2D eigenvalue weighted by Crippen LogP contribution is -2.44. The zero-order chi connectivity index (χ0) is 14.7. The van der Waals surface area contributed by atoms with E-state index in [9.17, 15) is 4.79 Å². The predicted octanol–water partition coefficient (Wildman–Crippen LogP) is 4.02. The molecular weight excluding hydrogens is 297 g/mol. The van der Waals surface area contributed by atoms with Gasteiger partial charge in [0.05, 0.1) is 10.0 Å². The maximum atomic E-state index is 12.3. The van der Waals surface area contributed by atoms with E-state index in [2.05, 4.69) is 6.92 Å². The minimum Gasteiger partial charge on any atom is -0.481 e. The van der Waals surface area contributed by atoms with Crippen molar-refractivity contribution in [3.8, 4) is 5.75 Å². The Morgan fingerprint density at radius 3 is 2.55 bits per heavy atom. The molecule has 0 radical (unpaired) electrons. The van der Waals surface area contributed by atoms with Crippen molar-refractivity contribution in [2.45, 2.75) is 32.8 Å². The maximum Gasteiger partial charge on any atom is 0.263 e. The number of halogens is 2.